The summed E-state index contributed by atoms with van der Waals surface area (Å²) in [6.45, 7) is -2.71. The molecule has 6 N–H and O–H groups in total. The molecule has 120 valence electrons. The maximum atomic E-state index is 14.0. The summed E-state index contributed by atoms with van der Waals surface area (Å²) in [4.78, 5) is -0.868. The number of halogens is 3. The van der Waals surface area contributed by atoms with Crippen LogP contribution in [0, 0.1) is 5.82 Å². The lowest BCUT2D eigenvalue weighted by Gasteiger charge is -2.28. The molecule has 0 atom stereocenters. The highest BCUT2D eigenvalue weighted by Crippen LogP contribution is 2.34. The number of aliphatic hydroxyl groups excluding tert-OH is 3. The average molecular weight is 408 g/mol. The molecule has 1 aromatic rings. The zero-order valence-electron chi connectivity index (χ0n) is 10.5. The van der Waals surface area contributed by atoms with Crippen molar-refractivity contribution in [3.05, 3.63) is 21.4 Å². The Morgan fingerprint density at radius 3 is 2.24 bits per heavy atom. The monoisotopic (exact) mass is 406 g/mol. The second kappa shape index (κ2) is 6.73. The summed E-state index contributed by atoms with van der Waals surface area (Å²) >= 11 is 8.64. The van der Waals surface area contributed by atoms with Crippen LogP contribution < -0.4 is 10.5 Å². The van der Waals surface area contributed by atoms with Gasteiger partial charge in [-0.2, -0.15) is 4.72 Å². The maximum Gasteiger partial charge on any atom is 0.244 e. The van der Waals surface area contributed by atoms with Crippen LogP contribution >= 0.6 is 27.5 Å². The van der Waals surface area contributed by atoms with Crippen LogP contribution in [0.2, 0.25) is 5.02 Å². The van der Waals surface area contributed by atoms with Crippen LogP contribution in [0.4, 0.5) is 10.1 Å². The third-order valence-corrected chi connectivity index (χ3v) is 5.66. The lowest BCUT2D eigenvalue weighted by atomic mass is 10.1. The van der Waals surface area contributed by atoms with Crippen molar-refractivity contribution in [3.8, 4) is 0 Å². The van der Waals surface area contributed by atoms with Crippen molar-refractivity contribution in [2.24, 2.45) is 0 Å². The minimum absolute atomic E-state index is 0.00152. The molecule has 7 nitrogen and oxygen atoms in total. The van der Waals surface area contributed by atoms with Gasteiger partial charge in [0.05, 0.1) is 35.0 Å². The van der Waals surface area contributed by atoms with Crippen molar-refractivity contribution in [2.45, 2.75) is 10.4 Å². The van der Waals surface area contributed by atoms with E-state index < -0.39 is 51.8 Å². The highest BCUT2D eigenvalue weighted by molar-refractivity contribution is 9.10. The zero-order chi connectivity index (χ0) is 16.4. The van der Waals surface area contributed by atoms with E-state index in [0.717, 1.165) is 6.07 Å². The maximum absolute atomic E-state index is 14.0. The van der Waals surface area contributed by atoms with Crippen molar-refractivity contribution in [1.29, 1.82) is 0 Å². The predicted molar refractivity (Wildman–Crippen MR) is 77.8 cm³/mol. The van der Waals surface area contributed by atoms with Crippen molar-refractivity contribution >= 4 is 43.2 Å². The summed E-state index contributed by atoms with van der Waals surface area (Å²) in [5.41, 5.74) is 2.94. The van der Waals surface area contributed by atoms with E-state index in [2.05, 4.69) is 15.9 Å². The average Bonchev–Trinajstić information content (AvgIpc) is 2.46. The zero-order valence-corrected chi connectivity index (χ0v) is 13.6. The van der Waals surface area contributed by atoms with E-state index in [1.807, 2.05) is 4.72 Å². The number of sulfonamides is 1. The summed E-state index contributed by atoms with van der Waals surface area (Å²) in [7, 11) is -4.54. The molecule has 1 rings (SSSR count). The molecule has 21 heavy (non-hydrogen) atoms. The minimum Gasteiger partial charge on any atom is -0.395 e. The number of nitrogens with two attached hydrogens (primary N) is 1. The Morgan fingerprint density at radius 2 is 1.81 bits per heavy atom. The lowest BCUT2D eigenvalue weighted by Crippen LogP contribution is -2.56. The van der Waals surface area contributed by atoms with E-state index in [1.54, 1.807) is 0 Å². The molecule has 0 aromatic heterocycles. The molecular formula is C10H13BrClFN2O5S. The molecule has 11 heteroatoms. The highest BCUT2D eigenvalue weighted by Gasteiger charge is 2.36. The van der Waals surface area contributed by atoms with Gasteiger partial charge < -0.3 is 21.1 Å². The van der Waals surface area contributed by atoms with Gasteiger partial charge in [-0.05, 0) is 22.0 Å². The van der Waals surface area contributed by atoms with Crippen LogP contribution in [0.25, 0.3) is 0 Å². The van der Waals surface area contributed by atoms with Gasteiger partial charge in [0.1, 0.15) is 10.4 Å². The summed E-state index contributed by atoms with van der Waals surface area (Å²) in [6, 6.07) is 0.816. The molecule has 0 aliphatic carbocycles. The van der Waals surface area contributed by atoms with Crippen LogP contribution in [0.3, 0.4) is 0 Å². The number of aliphatic hydroxyl groups is 3. The molecule has 0 saturated heterocycles. The molecule has 0 aliphatic rings. The van der Waals surface area contributed by atoms with Gasteiger partial charge in [-0.15, -0.1) is 0 Å². The Morgan fingerprint density at radius 1 is 1.33 bits per heavy atom. The van der Waals surface area contributed by atoms with Crippen LogP contribution in [0.1, 0.15) is 0 Å². The summed E-state index contributed by atoms with van der Waals surface area (Å²) < 4.78 is 40.1. The SMILES string of the molecule is Nc1c(F)c(S(=O)(=O)NC(CO)(CO)CO)cc(Cl)c1Br. The molecule has 0 fully saturated rings. The summed E-state index contributed by atoms with van der Waals surface area (Å²) in [5, 5.41) is 27.2. The minimum atomic E-state index is -4.54. The first-order valence-electron chi connectivity index (χ1n) is 5.43. The Kier molecular flexibility index (Phi) is 5.95. The van der Waals surface area contributed by atoms with Crippen LogP contribution in [-0.4, -0.2) is 49.1 Å². The van der Waals surface area contributed by atoms with Gasteiger partial charge in [-0.25, -0.2) is 12.8 Å². The molecule has 0 bridgehead atoms. The van der Waals surface area contributed by atoms with Gasteiger partial charge in [0, 0.05) is 0 Å². The van der Waals surface area contributed by atoms with Gasteiger partial charge in [0.15, 0.2) is 5.82 Å². The third-order valence-electron chi connectivity index (χ3n) is 2.71. The number of hydrogen-bond donors (Lipinski definition) is 5. The van der Waals surface area contributed by atoms with E-state index in [-0.39, 0.29) is 9.50 Å². The van der Waals surface area contributed by atoms with Gasteiger partial charge >= 0.3 is 0 Å². The first-order valence-corrected chi connectivity index (χ1v) is 8.09. The predicted octanol–water partition coefficient (Wildman–Crippen LogP) is -0.182. The van der Waals surface area contributed by atoms with Crippen LogP contribution in [-0.2, 0) is 10.0 Å². The molecule has 0 amide bonds. The number of hydrogen-bond acceptors (Lipinski definition) is 6. The fourth-order valence-corrected chi connectivity index (χ4v) is 3.44. The molecule has 1 aromatic carbocycles. The number of rotatable bonds is 6. The number of anilines is 1. The number of benzene rings is 1. The van der Waals surface area contributed by atoms with Gasteiger partial charge in [-0.1, -0.05) is 11.6 Å². The van der Waals surface area contributed by atoms with Crippen LogP contribution in [0.5, 0.6) is 0 Å². The van der Waals surface area contributed by atoms with Gasteiger partial charge in [0.2, 0.25) is 10.0 Å². The molecule has 0 unspecified atom stereocenters. The fraction of sp³-hybridized carbons (Fsp3) is 0.400. The van der Waals surface area contributed by atoms with Crippen molar-refractivity contribution in [1.82, 2.24) is 4.72 Å². The summed E-state index contributed by atoms with van der Waals surface area (Å²) in [6.07, 6.45) is 0. The number of nitrogens with one attached hydrogen (secondary N) is 1. The van der Waals surface area contributed by atoms with E-state index in [1.165, 1.54) is 0 Å². The van der Waals surface area contributed by atoms with Crippen molar-refractivity contribution in [2.75, 3.05) is 25.6 Å². The highest BCUT2D eigenvalue weighted by atomic mass is 79.9. The Labute approximate surface area is 133 Å². The van der Waals surface area contributed by atoms with E-state index in [9.17, 15) is 12.8 Å². The molecule has 0 radical (unpaired) electrons. The lowest BCUT2D eigenvalue weighted by molar-refractivity contribution is 0.0581. The Bertz CT molecular complexity index is 631. The summed E-state index contributed by atoms with van der Waals surface area (Å²) in [5.74, 6) is -1.25. The number of nitrogen functional groups attached to an aromatic ring is 1. The van der Waals surface area contributed by atoms with E-state index in [4.69, 9.17) is 32.7 Å². The van der Waals surface area contributed by atoms with Gasteiger partial charge in [-0.3, -0.25) is 0 Å². The quantitative estimate of drug-likeness (QED) is 0.328. The second-order valence-corrected chi connectivity index (χ2v) is 7.11. The van der Waals surface area contributed by atoms with Gasteiger partial charge in [0.25, 0.3) is 0 Å². The fourth-order valence-electron chi connectivity index (χ4n) is 1.38. The standard InChI is InChI=1S/C10H13BrClFN2O5S/c11-7-5(12)1-6(8(13)9(7)14)21(19,20)15-10(2-16,3-17)4-18/h1,15-18H,2-4,14H2. The normalized spacial score (nSPS) is 12.7. The molecule has 0 heterocycles. The first kappa shape index (κ1) is 18.6. The molecule has 0 aliphatic heterocycles. The molecule has 0 spiro atoms. The van der Waals surface area contributed by atoms with Crippen molar-refractivity contribution < 1.29 is 28.1 Å². The third kappa shape index (κ3) is 3.65. The molecule has 0 saturated carbocycles. The Hall–Kier alpha value is -0.490. The van der Waals surface area contributed by atoms with Crippen molar-refractivity contribution in [3.63, 3.8) is 0 Å². The van der Waals surface area contributed by atoms with E-state index >= 15 is 0 Å². The van der Waals surface area contributed by atoms with Crippen LogP contribution in [0.15, 0.2) is 15.4 Å². The molecular weight excluding hydrogens is 395 g/mol. The first-order chi connectivity index (χ1) is 9.64. The smallest absolute Gasteiger partial charge is 0.244 e. The Balaban J connectivity index is 3.39. The van der Waals surface area contributed by atoms with E-state index in [0.29, 0.717) is 0 Å². The topological polar surface area (TPSA) is 133 Å². The largest absolute Gasteiger partial charge is 0.395 e. The second-order valence-electron chi connectivity index (χ2n) is 4.26.